The number of aromatic nitrogens is 3. The Morgan fingerprint density at radius 2 is 2.05 bits per heavy atom. The monoisotopic (exact) mass is 301 g/mol. The molecule has 0 aliphatic rings. The van der Waals surface area contributed by atoms with Gasteiger partial charge in [0.1, 0.15) is 12.7 Å². The summed E-state index contributed by atoms with van der Waals surface area (Å²) >= 11 is 0. The Bertz CT molecular complexity index is 577. The van der Waals surface area contributed by atoms with E-state index in [0.29, 0.717) is 13.0 Å². The zero-order chi connectivity index (χ0) is 15.9. The summed E-state index contributed by atoms with van der Waals surface area (Å²) in [7, 11) is 4.03. The number of benzene rings is 1. The van der Waals surface area contributed by atoms with Crippen molar-refractivity contribution in [3.63, 3.8) is 0 Å². The van der Waals surface area contributed by atoms with Crippen LogP contribution in [-0.4, -0.2) is 40.8 Å². The molecule has 1 aromatic carbocycles. The molecule has 0 fully saturated rings. The fourth-order valence-electron chi connectivity index (χ4n) is 2.22. The van der Waals surface area contributed by atoms with Crippen molar-refractivity contribution < 1.29 is 4.79 Å². The summed E-state index contributed by atoms with van der Waals surface area (Å²) in [6, 6.07) is 8.31. The van der Waals surface area contributed by atoms with E-state index in [9.17, 15) is 4.79 Å². The summed E-state index contributed by atoms with van der Waals surface area (Å²) in [4.78, 5) is 17.9. The number of nitrogens with zero attached hydrogens (tertiary/aromatic N) is 4. The number of amides is 1. The molecule has 1 aromatic heterocycles. The van der Waals surface area contributed by atoms with E-state index in [1.165, 1.54) is 11.9 Å². The van der Waals surface area contributed by atoms with Crippen LogP contribution in [0.4, 0.5) is 5.69 Å². The predicted molar refractivity (Wildman–Crippen MR) is 86.7 cm³/mol. The Balaban J connectivity index is 1.75. The van der Waals surface area contributed by atoms with Gasteiger partial charge in [-0.25, -0.2) is 4.98 Å². The van der Waals surface area contributed by atoms with E-state index in [-0.39, 0.29) is 11.9 Å². The fourth-order valence-corrected chi connectivity index (χ4v) is 2.22. The first-order chi connectivity index (χ1) is 10.5. The quantitative estimate of drug-likeness (QED) is 0.841. The number of carbonyl (C=O) groups is 1. The minimum Gasteiger partial charge on any atom is -0.378 e. The summed E-state index contributed by atoms with van der Waals surface area (Å²) in [6.45, 7) is 2.59. The molecule has 118 valence electrons. The van der Waals surface area contributed by atoms with Gasteiger partial charge in [0.25, 0.3) is 0 Å². The molecular weight excluding hydrogens is 278 g/mol. The number of rotatable bonds is 7. The second kappa shape index (κ2) is 7.59. The van der Waals surface area contributed by atoms with Crippen LogP contribution in [0.1, 0.15) is 18.9 Å². The molecule has 0 saturated heterocycles. The van der Waals surface area contributed by atoms with Gasteiger partial charge in [-0.05, 0) is 31.0 Å². The Labute approximate surface area is 131 Å². The highest BCUT2D eigenvalue weighted by Gasteiger charge is 2.08. The first-order valence-electron chi connectivity index (χ1n) is 7.42. The zero-order valence-electron chi connectivity index (χ0n) is 13.4. The minimum atomic E-state index is 0.0327. The van der Waals surface area contributed by atoms with E-state index in [4.69, 9.17) is 0 Å². The van der Waals surface area contributed by atoms with E-state index in [1.54, 1.807) is 11.0 Å². The standard InChI is InChI=1S/C16H23N5O/c1-13(10-21-12-17-11-18-21)19-16(22)9-6-14-4-7-15(8-5-14)20(2)3/h4-5,7-8,11-13H,6,9-10H2,1-3H3,(H,19,22). The maximum absolute atomic E-state index is 12.0. The fraction of sp³-hybridized carbons (Fsp3) is 0.438. The molecule has 1 heterocycles. The topological polar surface area (TPSA) is 63.1 Å². The lowest BCUT2D eigenvalue weighted by atomic mass is 10.1. The Morgan fingerprint density at radius 3 is 2.64 bits per heavy atom. The second-order valence-corrected chi connectivity index (χ2v) is 5.65. The van der Waals surface area contributed by atoms with Gasteiger partial charge >= 0.3 is 0 Å². The third-order valence-electron chi connectivity index (χ3n) is 3.43. The molecular formula is C16H23N5O. The maximum atomic E-state index is 12.0. The predicted octanol–water partition coefficient (Wildman–Crippen LogP) is 1.48. The molecule has 2 rings (SSSR count). The van der Waals surface area contributed by atoms with Gasteiger partial charge in [0.05, 0.1) is 6.54 Å². The summed E-state index contributed by atoms with van der Waals surface area (Å²) in [5.41, 5.74) is 2.33. The van der Waals surface area contributed by atoms with E-state index in [0.717, 1.165) is 12.1 Å². The van der Waals surface area contributed by atoms with Crippen molar-refractivity contribution in [1.82, 2.24) is 20.1 Å². The molecule has 1 amide bonds. The lowest BCUT2D eigenvalue weighted by Gasteiger charge is -2.14. The van der Waals surface area contributed by atoms with Gasteiger partial charge < -0.3 is 10.2 Å². The molecule has 6 heteroatoms. The van der Waals surface area contributed by atoms with E-state index in [1.807, 2.05) is 21.0 Å². The van der Waals surface area contributed by atoms with E-state index < -0.39 is 0 Å². The smallest absolute Gasteiger partial charge is 0.220 e. The molecule has 6 nitrogen and oxygen atoms in total. The molecule has 2 aromatic rings. The highest BCUT2D eigenvalue weighted by atomic mass is 16.1. The number of hydrogen-bond acceptors (Lipinski definition) is 4. The van der Waals surface area contributed by atoms with Crippen LogP contribution in [0.15, 0.2) is 36.9 Å². The number of nitrogens with one attached hydrogen (secondary N) is 1. The van der Waals surface area contributed by atoms with Crippen LogP contribution in [0.2, 0.25) is 0 Å². The van der Waals surface area contributed by atoms with Crippen LogP contribution >= 0.6 is 0 Å². The average Bonchev–Trinajstić information content (AvgIpc) is 2.98. The van der Waals surface area contributed by atoms with Crippen molar-refractivity contribution in [3.05, 3.63) is 42.5 Å². The molecule has 22 heavy (non-hydrogen) atoms. The molecule has 0 aliphatic heterocycles. The van der Waals surface area contributed by atoms with Crippen LogP contribution in [-0.2, 0) is 17.8 Å². The van der Waals surface area contributed by atoms with Crippen LogP contribution in [0.5, 0.6) is 0 Å². The number of hydrogen-bond donors (Lipinski definition) is 1. The van der Waals surface area contributed by atoms with Gasteiger partial charge in [-0.1, -0.05) is 12.1 Å². The van der Waals surface area contributed by atoms with Gasteiger partial charge in [-0.3, -0.25) is 9.48 Å². The minimum absolute atomic E-state index is 0.0327. The van der Waals surface area contributed by atoms with Crippen LogP contribution in [0.25, 0.3) is 0 Å². The lowest BCUT2D eigenvalue weighted by Crippen LogP contribution is -2.35. The third-order valence-corrected chi connectivity index (χ3v) is 3.43. The van der Waals surface area contributed by atoms with Crippen LogP contribution in [0.3, 0.4) is 0 Å². The van der Waals surface area contributed by atoms with Crippen molar-refractivity contribution >= 4 is 11.6 Å². The van der Waals surface area contributed by atoms with Crippen molar-refractivity contribution in [3.8, 4) is 0 Å². The molecule has 0 aliphatic carbocycles. The van der Waals surface area contributed by atoms with Gasteiger partial charge in [0.2, 0.25) is 5.91 Å². The lowest BCUT2D eigenvalue weighted by molar-refractivity contribution is -0.121. The zero-order valence-corrected chi connectivity index (χ0v) is 13.4. The Morgan fingerprint density at radius 1 is 1.32 bits per heavy atom. The molecule has 1 unspecified atom stereocenters. The first-order valence-corrected chi connectivity index (χ1v) is 7.42. The number of anilines is 1. The number of carbonyl (C=O) groups excluding carboxylic acids is 1. The van der Waals surface area contributed by atoms with Crippen LogP contribution in [0, 0.1) is 0 Å². The van der Waals surface area contributed by atoms with E-state index in [2.05, 4.69) is 44.6 Å². The molecule has 0 saturated carbocycles. The summed E-state index contributed by atoms with van der Waals surface area (Å²) < 4.78 is 1.71. The number of aryl methyl sites for hydroxylation is 1. The summed E-state index contributed by atoms with van der Waals surface area (Å²) in [5, 5.41) is 7.01. The summed E-state index contributed by atoms with van der Waals surface area (Å²) in [5.74, 6) is 0.0595. The van der Waals surface area contributed by atoms with Gasteiger partial charge in [0.15, 0.2) is 0 Å². The van der Waals surface area contributed by atoms with Gasteiger partial charge in [-0.15, -0.1) is 0 Å². The highest BCUT2D eigenvalue weighted by Crippen LogP contribution is 2.13. The Hall–Kier alpha value is -2.37. The van der Waals surface area contributed by atoms with Crippen LogP contribution < -0.4 is 10.2 Å². The first kappa shape index (κ1) is 16.0. The molecule has 0 radical (unpaired) electrons. The normalized spacial score (nSPS) is 12.0. The largest absolute Gasteiger partial charge is 0.378 e. The third kappa shape index (κ3) is 4.87. The second-order valence-electron chi connectivity index (χ2n) is 5.65. The van der Waals surface area contributed by atoms with Gasteiger partial charge in [-0.2, -0.15) is 5.10 Å². The van der Waals surface area contributed by atoms with Crippen molar-refractivity contribution in [1.29, 1.82) is 0 Å². The van der Waals surface area contributed by atoms with Gasteiger partial charge in [0, 0.05) is 32.2 Å². The Kier molecular flexibility index (Phi) is 5.52. The molecule has 0 bridgehead atoms. The summed E-state index contributed by atoms with van der Waals surface area (Å²) in [6.07, 6.45) is 4.37. The molecule has 0 spiro atoms. The van der Waals surface area contributed by atoms with Crippen molar-refractivity contribution in [2.75, 3.05) is 19.0 Å². The van der Waals surface area contributed by atoms with Crippen molar-refractivity contribution in [2.45, 2.75) is 32.4 Å². The maximum Gasteiger partial charge on any atom is 0.220 e. The van der Waals surface area contributed by atoms with Crippen molar-refractivity contribution in [2.24, 2.45) is 0 Å². The van der Waals surface area contributed by atoms with E-state index >= 15 is 0 Å². The highest BCUT2D eigenvalue weighted by molar-refractivity contribution is 5.76. The molecule has 1 N–H and O–H groups in total. The average molecular weight is 301 g/mol. The molecule has 1 atom stereocenters. The SMILES string of the molecule is CC(Cn1cncn1)NC(=O)CCc1ccc(N(C)C)cc1.